The largest absolute Gasteiger partial charge is 0.459 e. The van der Waals surface area contributed by atoms with Gasteiger partial charge in [0.25, 0.3) is 11.8 Å². The maximum Gasteiger partial charge on any atom is 0.291 e. The van der Waals surface area contributed by atoms with Gasteiger partial charge in [0.2, 0.25) is 0 Å². The zero-order valence-electron chi connectivity index (χ0n) is 14.9. The van der Waals surface area contributed by atoms with E-state index in [4.69, 9.17) is 16.0 Å². The van der Waals surface area contributed by atoms with Gasteiger partial charge >= 0.3 is 0 Å². The Morgan fingerprint density at radius 2 is 1.69 bits per heavy atom. The number of aromatic nitrogens is 1. The number of carbonyl (C=O) groups is 2. The molecule has 8 heteroatoms. The van der Waals surface area contributed by atoms with Gasteiger partial charge in [0, 0.05) is 27.2 Å². The quantitative estimate of drug-likeness (QED) is 0.440. The van der Waals surface area contributed by atoms with Gasteiger partial charge in [0.05, 0.1) is 12.0 Å². The number of thiazole rings is 1. The van der Waals surface area contributed by atoms with Crippen molar-refractivity contribution in [2.75, 3.05) is 10.6 Å². The normalized spacial score (nSPS) is 10.5. The Balaban J connectivity index is 1.40. The highest BCUT2D eigenvalue weighted by Crippen LogP contribution is 2.26. The summed E-state index contributed by atoms with van der Waals surface area (Å²) < 4.78 is 5.05. The van der Waals surface area contributed by atoms with Gasteiger partial charge in [0.1, 0.15) is 0 Å². The fraction of sp³-hybridized carbons (Fsp3) is 0. The average molecular weight is 424 g/mol. The molecule has 2 amide bonds. The smallest absolute Gasteiger partial charge is 0.291 e. The summed E-state index contributed by atoms with van der Waals surface area (Å²) in [6.45, 7) is 0. The first-order valence-electron chi connectivity index (χ1n) is 8.56. The molecule has 4 aromatic rings. The van der Waals surface area contributed by atoms with Crippen molar-refractivity contribution >= 4 is 45.6 Å². The van der Waals surface area contributed by atoms with Gasteiger partial charge in [-0.05, 0) is 48.5 Å². The minimum atomic E-state index is -0.357. The van der Waals surface area contributed by atoms with E-state index < -0.39 is 0 Å². The number of carbonyl (C=O) groups excluding carboxylic acids is 2. The first kappa shape index (κ1) is 18.9. The highest BCUT2D eigenvalue weighted by molar-refractivity contribution is 7.14. The third-order valence-corrected chi connectivity index (χ3v) is 5.02. The molecule has 2 heterocycles. The maximum absolute atomic E-state index is 12.5. The molecule has 0 spiro atoms. The summed E-state index contributed by atoms with van der Waals surface area (Å²) in [5.74, 6) is -0.428. The van der Waals surface area contributed by atoms with Crippen LogP contribution in [0.2, 0.25) is 5.02 Å². The molecule has 0 unspecified atom stereocenters. The number of rotatable bonds is 5. The summed E-state index contributed by atoms with van der Waals surface area (Å²) in [6, 6.07) is 17.1. The number of nitrogens with zero attached hydrogens (tertiary/aromatic N) is 1. The van der Waals surface area contributed by atoms with Crippen molar-refractivity contribution in [1.29, 1.82) is 0 Å². The molecule has 29 heavy (non-hydrogen) atoms. The van der Waals surface area contributed by atoms with Crippen LogP contribution in [0.15, 0.2) is 76.7 Å². The average Bonchev–Trinajstić information content (AvgIpc) is 3.41. The van der Waals surface area contributed by atoms with Crippen molar-refractivity contribution in [3.05, 3.63) is 88.7 Å². The lowest BCUT2D eigenvalue weighted by Gasteiger charge is -2.05. The standard InChI is InChI=1S/C21H14ClN3O3S/c22-15-7-3-13(4-8-15)17-12-29-21(24-17)25-19(26)14-5-9-16(10-6-14)23-20(27)18-2-1-11-28-18/h1-12H,(H,23,27)(H,24,25,26). The minimum absolute atomic E-state index is 0.215. The molecular formula is C21H14ClN3O3S. The Kier molecular flexibility index (Phi) is 5.41. The van der Waals surface area contributed by atoms with Crippen molar-refractivity contribution in [3.8, 4) is 11.3 Å². The summed E-state index contributed by atoms with van der Waals surface area (Å²) in [5.41, 5.74) is 2.69. The second-order valence-electron chi connectivity index (χ2n) is 6.01. The summed E-state index contributed by atoms with van der Waals surface area (Å²) in [4.78, 5) is 28.9. The number of hydrogen-bond acceptors (Lipinski definition) is 5. The Morgan fingerprint density at radius 1 is 0.931 bits per heavy atom. The molecule has 2 aromatic heterocycles. The molecular weight excluding hydrogens is 410 g/mol. The number of anilines is 2. The van der Waals surface area contributed by atoms with Crippen LogP contribution in [0.5, 0.6) is 0 Å². The van der Waals surface area contributed by atoms with E-state index in [-0.39, 0.29) is 17.6 Å². The van der Waals surface area contributed by atoms with Crippen molar-refractivity contribution in [1.82, 2.24) is 4.98 Å². The van der Waals surface area contributed by atoms with Gasteiger partial charge in [-0.2, -0.15) is 0 Å². The minimum Gasteiger partial charge on any atom is -0.459 e. The van der Waals surface area contributed by atoms with Crippen LogP contribution in [-0.2, 0) is 0 Å². The third-order valence-electron chi connectivity index (χ3n) is 4.01. The summed E-state index contributed by atoms with van der Waals surface area (Å²) in [6.07, 6.45) is 1.43. The van der Waals surface area contributed by atoms with E-state index in [2.05, 4.69) is 15.6 Å². The van der Waals surface area contributed by atoms with Crippen LogP contribution in [-0.4, -0.2) is 16.8 Å². The molecule has 2 aromatic carbocycles. The number of hydrogen-bond donors (Lipinski definition) is 2. The van der Waals surface area contributed by atoms with E-state index in [1.54, 1.807) is 48.5 Å². The van der Waals surface area contributed by atoms with E-state index in [9.17, 15) is 9.59 Å². The van der Waals surface area contributed by atoms with Gasteiger partial charge in [-0.25, -0.2) is 4.98 Å². The van der Waals surface area contributed by atoms with Crippen LogP contribution in [0.4, 0.5) is 10.8 Å². The molecule has 144 valence electrons. The Hall–Kier alpha value is -3.42. The first-order valence-corrected chi connectivity index (χ1v) is 9.82. The molecule has 0 radical (unpaired) electrons. The van der Waals surface area contributed by atoms with Crippen LogP contribution in [0, 0.1) is 0 Å². The second-order valence-corrected chi connectivity index (χ2v) is 7.30. The molecule has 4 rings (SSSR count). The fourth-order valence-corrected chi connectivity index (χ4v) is 3.40. The highest BCUT2D eigenvalue weighted by Gasteiger charge is 2.12. The van der Waals surface area contributed by atoms with E-state index in [0.717, 1.165) is 11.3 Å². The predicted molar refractivity (Wildman–Crippen MR) is 114 cm³/mol. The molecule has 2 N–H and O–H groups in total. The zero-order chi connectivity index (χ0) is 20.2. The van der Waals surface area contributed by atoms with Crippen LogP contribution >= 0.6 is 22.9 Å². The third kappa shape index (κ3) is 4.53. The van der Waals surface area contributed by atoms with Crippen LogP contribution in [0.25, 0.3) is 11.3 Å². The predicted octanol–water partition coefficient (Wildman–Crippen LogP) is 5.56. The van der Waals surface area contributed by atoms with Crippen LogP contribution < -0.4 is 10.6 Å². The lowest BCUT2D eigenvalue weighted by atomic mass is 10.2. The molecule has 0 fully saturated rings. The van der Waals surface area contributed by atoms with Crippen LogP contribution in [0.3, 0.4) is 0 Å². The molecule has 0 bridgehead atoms. The maximum atomic E-state index is 12.5. The molecule has 0 aliphatic rings. The van der Waals surface area contributed by atoms with Crippen molar-refractivity contribution in [3.63, 3.8) is 0 Å². The van der Waals surface area contributed by atoms with E-state index >= 15 is 0 Å². The van der Waals surface area contributed by atoms with E-state index in [1.807, 2.05) is 17.5 Å². The number of halogens is 1. The van der Waals surface area contributed by atoms with E-state index in [1.165, 1.54) is 17.6 Å². The number of amides is 2. The first-order chi connectivity index (χ1) is 14.1. The molecule has 0 saturated heterocycles. The van der Waals surface area contributed by atoms with Gasteiger partial charge in [-0.3, -0.25) is 14.9 Å². The molecule has 0 aliphatic carbocycles. The topological polar surface area (TPSA) is 84.2 Å². The van der Waals surface area contributed by atoms with Gasteiger partial charge in [-0.1, -0.05) is 23.7 Å². The Morgan fingerprint density at radius 3 is 2.38 bits per heavy atom. The van der Waals surface area contributed by atoms with Gasteiger partial charge in [-0.15, -0.1) is 11.3 Å². The van der Waals surface area contributed by atoms with Crippen molar-refractivity contribution in [2.24, 2.45) is 0 Å². The lowest BCUT2D eigenvalue weighted by Crippen LogP contribution is -2.13. The lowest BCUT2D eigenvalue weighted by molar-refractivity contribution is 0.0995. The second kappa shape index (κ2) is 8.30. The Bertz CT molecular complexity index is 1140. The number of benzene rings is 2. The summed E-state index contributed by atoms with van der Waals surface area (Å²) >= 11 is 7.24. The monoisotopic (exact) mass is 423 g/mol. The van der Waals surface area contributed by atoms with Crippen molar-refractivity contribution < 1.29 is 14.0 Å². The molecule has 0 aliphatic heterocycles. The number of nitrogens with one attached hydrogen (secondary N) is 2. The molecule has 0 atom stereocenters. The van der Waals surface area contributed by atoms with Gasteiger partial charge in [0.15, 0.2) is 10.9 Å². The Labute approximate surface area is 175 Å². The van der Waals surface area contributed by atoms with E-state index in [0.29, 0.717) is 21.4 Å². The summed E-state index contributed by atoms with van der Waals surface area (Å²) in [5, 5.41) is 8.50. The van der Waals surface area contributed by atoms with Gasteiger partial charge < -0.3 is 9.73 Å². The van der Waals surface area contributed by atoms with Crippen molar-refractivity contribution in [2.45, 2.75) is 0 Å². The molecule has 6 nitrogen and oxygen atoms in total. The SMILES string of the molecule is O=C(Nc1nc(-c2ccc(Cl)cc2)cs1)c1ccc(NC(=O)c2ccco2)cc1. The summed E-state index contributed by atoms with van der Waals surface area (Å²) in [7, 11) is 0. The number of furan rings is 1. The highest BCUT2D eigenvalue weighted by atomic mass is 35.5. The van der Waals surface area contributed by atoms with Crippen LogP contribution in [0.1, 0.15) is 20.9 Å². The molecule has 0 saturated carbocycles. The fourth-order valence-electron chi connectivity index (χ4n) is 2.56. The zero-order valence-corrected chi connectivity index (χ0v) is 16.5.